The predicted molar refractivity (Wildman–Crippen MR) is 144 cm³/mol. The molecule has 0 radical (unpaired) electrons. The fraction of sp³-hybridized carbons (Fsp3) is 0.300. The number of aryl methyl sites for hydroxylation is 2. The Morgan fingerprint density at radius 1 is 0.946 bits per heavy atom. The summed E-state index contributed by atoms with van der Waals surface area (Å²) in [7, 11) is 0. The molecule has 1 fully saturated rings. The highest BCUT2D eigenvalue weighted by Gasteiger charge is 2.38. The Bertz CT molecular complexity index is 1300. The number of ether oxygens (including phenoxy) is 1. The lowest BCUT2D eigenvalue weighted by Gasteiger charge is -2.42. The fourth-order valence-electron chi connectivity index (χ4n) is 5.33. The Morgan fingerprint density at radius 2 is 1.70 bits per heavy atom. The number of benzene rings is 3. The zero-order valence-electron chi connectivity index (χ0n) is 20.9. The zero-order chi connectivity index (χ0) is 25.8. The number of fused-ring (bicyclic) bond motifs is 1. The molecule has 37 heavy (non-hydrogen) atoms. The molecule has 2 aliphatic heterocycles. The summed E-state index contributed by atoms with van der Waals surface area (Å²) in [5, 5.41) is 5.69. The van der Waals surface area contributed by atoms with Crippen LogP contribution in [0, 0.1) is 12.8 Å². The third kappa shape index (κ3) is 5.66. The molecule has 190 valence electrons. The van der Waals surface area contributed by atoms with E-state index >= 15 is 0 Å². The molecule has 0 aromatic heterocycles. The summed E-state index contributed by atoms with van der Waals surface area (Å²) in [6, 6.07) is 22.6. The van der Waals surface area contributed by atoms with Gasteiger partial charge in [0.25, 0.3) is 0 Å². The van der Waals surface area contributed by atoms with Gasteiger partial charge in [-0.3, -0.25) is 9.59 Å². The van der Waals surface area contributed by atoms with Gasteiger partial charge in [0.1, 0.15) is 0 Å². The second-order valence-corrected chi connectivity index (χ2v) is 9.74. The number of carbonyl (C=O) groups is 3. The maximum atomic E-state index is 13.7. The smallest absolute Gasteiger partial charge is 0.323 e. The van der Waals surface area contributed by atoms with Crippen molar-refractivity contribution < 1.29 is 19.1 Å². The number of amides is 3. The van der Waals surface area contributed by atoms with Crippen molar-refractivity contribution in [2.45, 2.75) is 45.1 Å². The van der Waals surface area contributed by atoms with Crippen molar-refractivity contribution >= 4 is 35.0 Å². The van der Waals surface area contributed by atoms with E-state index in [4.69, 9.17) is 4.74 Å². The summed E-state index contributed by atoms with van der Waals surface area (Å²) in [6.45, 7) is 2.35. The van der Waals surface area contributed by atoms with E-state index in [-0.39, 0.29) is 36.3 Å². The van der Waals surface area contributed by atoms with Crippen LogP contribution < -0.4 is 15.5 Å². The molecule has 1 saturated heterocycles. The quantitative estimate of drug-likeness (QED) is 0.457. The van der Waals surface area contributed by atoms with Gasteiger partial charge in [0.2, 0.25) is 5.91 Å². The third-order valence-corrected chi connectivity index (χ3v) is 7.25. The van der Waals surface area contributed by atoms with Crippen LogP contribution in [0.25, 0.3) is 0 Å². The Hall–Kier alpha value is -4.13. The molecule has 2 atom stereocenters. The minimum atomic E-state index is -0.322. The van der Waals surface area contributed by atoms with Crippen LogP contribution in [0.2, 0.25) is 0 Å². The summed E-state index contributed by atoms with van der Waals surface area (Å²) in [4.78, 5) is 40.0. The minimum absolute atomic E-state index is 0.00842. The number of esters is 1. The van der Waals surface area contributed by atoms with Gasteiger partial charge >= 0.3 is 12.0 Å². The highest BCUT2D eigenvalue weighted by molar-refractivity contribution is 6.00. The number of urea groups is 1. The lowest BCUT2D eigenvalue weighted by atomic mass is 9.83. The first-order valence-electron chi connectivity index (χ1n) is 12.8. The van der Waals surface area contributed by atoms with E-state index in [0.29, 0.717) is 18.7 Å². The molecule has 0 spiro atoms. The van der Waals surface area contributed by atoms with E-state index in [1.807, 2.05) is 66.4 Å². The Morgan fingerprint density at radius 3 is 2.49 bits per heavy atom. The van der Waals surface area contributed by atoms with Crippen molar-refractivity contribution in [3.63, 3.8) is 0 Å². The fourth-order valence-corrected chi connectivity index (χ4v) is 5.33. The topological polar surface area (TPSA) is 87.7 Å². The van der Waals surface area contributed by atoms with Gasteiger partial charge in [-0.2, -0.15) is 0 Å². The summed E-state index contributed by atoms with van der Waals surface area (Å²) in [6.07, 6.45) is 3.08. The highest BCUT2D eigenvalue weighted by atomic mass is 16.5. The second-order valence-electron chi connectivity index (χ2n) is 9.74. The van der Waals surface area contributed by atoms with E-state index in [0.717, 1.165) is 47.3 Å². The summed E-state index contributed by atoms with van der Waals surface area (Å²) >= 11 is 0. The molecule has 2 aliphatic rings. The molecule has 3 amide bonds. The number of para-hydroxylation sites is 2. The lowest BCUT2D eigenvalue weighted by molar-refractivity contribution is -0.149. The van der Waals surface area contributed by atoms with Gasteiger partial charge in [0.05, 0.1) is 19.4 Å². The third-order valence-electron chi connectivity index (χ3n) is 7.25. The van der Waals surface area contributed by atoms with E-state index in [1.54, 1.807) is 12.1 Å². The first-order valence-corrected chi connectivity index (χ1v) is 12.8. The number of hydrogen-bond acceptors (Lipinski definition) is 4. The predicted octanol–water partition coefficient (Wildman–Crippen LogP) is 5.48. The Labute approximate surface area is 216 Å². The Balaban J connectivity index is 1.28. The highest BCUT2D eigenvalue weighted by Crippen LogP contribution is 2.37. The van der Waals surface area contributed by atoms with Crippen LogP contribution in [0.4, 0.5) is 21.9 Å². The standard InChI is InChI=1S/C30H31N3O4/c1-20-6-2-4-8-25(20)32-30(36)31-24-13-10-21(11-14-24)18-28(34)33-26-9-5-3-7-22(26)12-15-27(33)23-16-17-37-29(35)19-23/h2-11,13-14,23,27H,12,15-19H2,1H3,(H2,31,32,36)/t23-,27+/m0/s1. The van der Waals surface area contributed by atoms with Crippen LogP contribution in [0.15, 0.2) is 72.8 Å². The van der Waals surface area contributed by atoms with Crippen molar-refractivity contribution in [1.29, 1.82) is 0 Å². The van der Waals surface area contributed by atoms with Crippen LogP contribution >= 0.6 is 0 Å². The number of rotatable bonds is 5. The molecule has 7 heteroatoms. The van der Waals surface area contributed by atoms with Crippen molar-refractivity contribution in [1.82, 2.24) is 0 Å². The van der Waals surface area contributed by atoms with Crippen molar-refractivity contribution in [2.24, 2.45) is 5.92 Å². The summed E-state index contributed by atoms with van der Waals surface area (Å²) < 4.78 is 5.16. The van der Waals surface area contributed by atoms with Crippen molar-refractivity contribution in [3.8, 4) is 0 Å². The molecule has 7 nitrogen and oxygen atoms in total. The molecule has 2 N–H and O–H groups in total. The van der Waals surface area contributed by atoms with Crippen LogP contribution in [0.1, 0.15) is 36.0 Å². The number of hydrogen-bond donors (Lipinski definition) is 2. The van der Waals surface area contributed by atoms with Crippen molar-refractivity contribution in [3.05, 3.63) is 89.5 Å². The summed E-state index contributed by atoms with van der Waals surface area (Å²) in [5.74, 6) is -0.0805. The van der Waals surface area contributed by atoms with Crippen molar-refractivity contribution in [2.75, 3.05) is 22.1 Å². The minimum Gasteiger partial charge on any atom is -0.466 e. The first-order chi connectivity index (χ1) is 18.0. The average Bonchev–Trinajstić information content (AvgIpc) is 2.90. The number of nitrogens with zero attached hydrogens (tertiary/aromatic N) is 1. The van der Waals surface area contributed by atoms with Gasteiger partial charge in [-0.05, 0) is 73.1 Å². The second kappa shape index (κ2) is 10.9. The number of cyclic esters (lactones) is 1. The molecule has 0 saturated carbocycles. The van der Waals surface area contributed by atoms with Crippen LogP contribution in [-0.4, -0.2) is 30.6 Å². The number of carbonyl (C=O) groups excluding carboxylic acids is 3. The van der Waals surface area contributed by atoms with Crippen LogP contribution in [-0.2, 0) is 27.2 Å². The molecule has 0 aliphatic carbocycles. The molecule has 5 rings (SSSR count). The normalized spacial score (nSPS) is 18.9. The van der Waals surface area contributed by atoms with Gasteiger partial charge in [0, 0.05) is 23.1 Å². The molecule has 3 aromatic rings. The van der Waals surface area contributed by atoms with E-state index < -0.39 is 0 Å². The largest absolute Gasteiger partial charge is 0.466 e. The van der Waals surface area contributed by atoms with E-state index in [9.17, 15) is 14.4 Å². The molecule has 3 aromatic carbocycles. The molecule has 0 unspecified atom stereocenters. The van der Waals surface area contributed by atoms with Gasteiger partial charge in [0.15, 0.2) is 0 Å². The maximum absolute atomic E-state index is 13.7. The lowest BCUT2D eigenvalue weighted by Crippen LogP contribution is -2.50. The monoisotopic (exact) mass is 497 g/mol. The van der Waals surface area contributed by atoms with Gasteiger partial charge in [-0.15, -0.1) is 0 Å². The van der Waals surface area contributed by atoms with Crippen LogP contribution in [0.5, 0.6) is 0 Å². The molecular formula is C30H31N3O4. The number of nitrogens with one attached hydrogen (secondary N) is 2. The molecule has 0 bridgehead atoms. The molecule has 2 heterocycles. The number of anilines is 3. The van der Waals surface area contributed by atoms with Gasteiger partial charge < -0.3 is 20.3 Å². The van der Waals surface area contributed by atoms with E-state index in [1.165, 1.54) is 0 Å². The van der Waals surface area contributed by atoms with Gasteiger partial charge in [-0.25, -0.2) is 4.79 Å². The molecular weight excluding hydrogens is 466 g/mol. The average molecular weight is 498 g/mol. The van der Waals surface area contributed by atoms with Gasteiger partial charge in [-0.1, -0.05) is 48.5 Å². The van der Waals surface area contributed by atoms with Crippen LogP contribution in [0.3, 0.4) is 0 Å². The SMILES string of the molecule is Cc1ccccc1NC(=O)Nc1ccc(CC(=O)N2c3ccccc3CC[C@@H]2[C@H]2CCOC(=O)C2)cc1. The maximum Gasteiger partial charge on any atom is 0.323 e. The summed E-state index contributed by atoms with van der Waals surface area (Å²) in [5.41, 5.74) is 5.33. The first kappa shape index (κ1) is 24.6. The zero-order valence-corrected chi connectivity index (χ0v) is 20.9. The van der Waals surface area contributed by atoms with E-state index in [2.05, 4.69) is 16.7 Å². The Kier molecular flexibility index (Phi) is 7.21.